The maximum absolute atomic E-state index is 13.5. The van der Waals surface area contributed by atoms with Gasteiger partial charge in [-0.15, -0.1) is 10.2 Å². The molecule has 2 aromatic rings. The number of aromatic nitrogens is 2. The van der Waals surface area contributed by atoms with E-state index >= 15 is 0 Å². The van der Waals surface area contributed by atoms with E-state index in [4.69, 9.17) is 9.84 Å². The molecule has 0 unspecified atom stereocenters. The number of nitrogens with zero attached hydrogens (tertiary/aromatic N) is 2. The predicted molar refractivity (Wildman–Crippen MR) is 84.2 cm³/mol. The fourth-order valence-electron chi connectivity index (χ4n) is 2.31. The molecule has 1 aromatic carbocycles. The van der Waals surface area contributed by atoms with Gasteiger partial charge in [-0.2, -0.15) is 0 Å². The molecule has 2 amide bonds. The lowest BCUT2D eigenvalue weighted by Gasteiger charge is -2.09. The molecular weight excluding hydrogens is 358 g/mol. The zero-order valence-electron chi connectivity index (χ0n) is 12.6. The molecule has 0 saturated carbocycles. The molecule has 2 heterocycles. The van der Waals surface area contributed by atoms with Crippen LogP contribution in [0.2, 0.25) is 0 Å². The van der Waals surface area contributed by atoms with Gasteiger partial charge >= 0.3 is 6.03 Å². The lowest BCUT2D eigenvalue weighted by atomic mass is 10.1. The third kappa shape index (κ3) is 4.07. The van der Waals surface area contributed by atoms with E-state index < -0.39 is 36.0 Å². The van der Waals surface area contributed by atoms with Gasteiger partial charge in [0.25, 0.3) is 0 Å². The van der Waals surface area contributed by atoms with Crippen LogP contribution in [0.4, 0.5) is 24.4 Å². The van der Waals surface area contributed by atoms with Crippen molar-refractivity contribution in [3.63, 3.8) is 0 Å². The Bertz CT molecular complexity index is 775. The quantitative estimate of drug-likeness (QED) is 0.648. The third-order valence-electron chi connectivity index (χ3n) is 3.52. The zero-order chi connectivity index (χ0) is 18.0. The van der Waals surface area contributed by atoms with Crippen LogP contribution in [0.25, 0.3) is 0 Å². The number of aliphatic hydroxyl groups excluding tert-OH is 2. The van der Waals surface area contributed by atoms with Crippen molar-refractivity contribution in [1.82, 2.24) is 10.2 Å². The predicted octanol–water partition coefficient (Wildman–Crippen LogP) is 1.64. The molecular formula is C14H14F2N4O4S. The number of carbonyl (C=O) groups excluding carboxylic acids is 1. The molecule has 11 heteroatoms. The molecule has 1 aromatic heterocycles. The first-order valence-corrected chi connectivity index (χ1v) is 8.08. The average Bonchev–Trinajstić information content (AvgIpc) is 3.16. The number of hydrogen-bond acceptors (Lipinski definition) is 7. The number of benzene rings is 1. The number of urea groups is 1. The Labute approximate surface area is 144 Å². The van der Waals surface area contributed by atoms with Crippen molar-refractivity contribution in [2.45, 2.75) is 24.7 Å². The molecule has 1 saturated heterocycles. The van der Waals surface area contributed by atoms with Gasteiger partial charge in [0.1, 0.15) is 28.8 Å². The molecule has 134 valence electrons. The molecule has 1 fully saturated rings. The molecule has 0 aliphatic carbocycles. The summed E-state index contributed by atoms with van der Waals surface area (Å²) in [4.78, 5) is 11.9. The molecule has 25 heavy (non-hydrogen) atoms. The number of carbonyl (C=O) groups is 1. The van der Waals surface area contributed by atoms with Gasteiger partial charge in [0.05, 0.1) is 18.4 Å². The summed E-state index contributed by atoms with van der Waals surface area (Å²) < 4.78 is 31.8. The second kappa shape index (κ2) is 7.35. The van der Waals surface area contributed by atoms with Crippen molar-refractivity contribution < 1.29 is 28.5 Å². The van der Waals surface area contributed by atoms with Crippen molar-refractivity contribution in [2.24, 2.45) is 0 Å². The topological polar surface area (TPSA) is 117 Å². The summed E-state index contributed by atoms with van der Waals surface area (Å²) in [5.41, 5.74) is -0.184. The van der Waals surface area contributed by atoms with Crippen LogP contribution in [0, 0.1) is 11.6 Å². The largest absolute Gasteiger partial charge is 0.394 e. The minimum atomic E-state index is -0.906. The van der Waals surface area contributed by atoms with Crippen LogP contribution < -0.4 is 10.6 Å². The van der Waals surface area contributed by atoms with Gasteiger partial charge < -0.3 is 20.3 Å². The Hall–Kier alpha value is -2.21. The van der Waals surface area contributed by atoms with Crippen molar-refractivity contribution in [3.05, 3.63) is 34.8 Å². The molecule has 3 atom stereocenters. The van der Waals surface area contributed by atoms with Crippen LogP contribution in [-0.2, 0) is 4.74 Å². The van der Waals surface area contributed by atoms with Gasteiger partial charge in [-0.25, -0.2) is 13.6 Å². The highest BCUT2D eigenvalue weighted by molar-refractivity contribution is 7.15. The minimum Gasteiger partial charge on any atom is -0.394 e. The summed E-state index contributed by atoms with van der Waals surface area (Å²) in [5, 5.41) is 31.6. The lowest BCUT2D eigenvalue weighted by molar-refractivity contribution is -0.0227. The van der Waals surface area contributed by atoms with Crippen LogP contribution in [0.5, 0.6) is 0 Å². The Balaban J connectivity index is 1.60. The smallest absolute Gasteiger partial charge is 0.325 e. The number of aliphatic hydroxyl groups is 2. The normalized spacial score (nSPS) is 22.8. The third-order valence-corrected chi connectivity index (χ3v) is 4.45. The highest BCUT2D eigenvalue weighted by Gasteiger charge is 2.36. The van der Waals surface area contributed by atoms with Crippen LogP contribution in [0.3, 0.4) is 0 Å². The molecule has 4 N–H and O–H groups in total. The van der Waals surface area contributed by atoms with E-state index in [2.05, 4.69) is 20.8 Å². The Morgan fingerprint density at radius 2 is 2.16 bits per heavy atom. The first-order valence-electron chi connectivity index (χ1n) is 7.27. The molecule has 8 nitrogen and oxygen atoms in total. The molecule has 0 radical (unpaired) electrons. The SMILES string of the molecule is O=C(Nc1nnc([C@@H]2C[C@H](O)[C@@H](CO)O2)s1)Nc1ccc(F)cc1F. The van der Waals surface area contributed by atoms with Crippen molar-refractivity contribution in [3.8, 4) is 0 Å². The van der Waals surface area contributed by atoms with E-state index in [0.29, 0.717) is 11.1 Å². The zero-order valence-corrected chi connectivity index (χ0v) is 13.5. The Kier molecular flexibility index (Phi) is 5.18. The van der Waals surface area contributed by atoms with E-state index in [9.17, 15) is 18.7 Å². The second-order valence-corrected chi connectivity index (χ2v) is 6.31. The number of ether oxygens (including phenoxy) is 1. The second-order valence-electron chi connectivity index (χ2n) is 5.30. The van der Waals surface area contributed by atoms with Crippen LogP contribution in [0.15, 0.2) is 18.2 Å². The van der Waals surface area contributed by atoms with Gasteiger partial charge in [-0.1, -0.05) is 11.3 Å². The maximum Gasteiger partial charge on any atom is 0.325 e. The van der Waals surface area contributed by atoms with E-state index in [1.165, 1.54) is 0 Å². The number of amides is 2. The Morgan fingerprint density at radius 3 is 2.84 bits per heavy atom. The maximum atomic E-state index is 13.5. The molecule has 3 rings (SSSR count). The van der Waals surface area contributed by atoms with Crippen molar-refractivity contribution >= 4 is 28.2 Å². The molecule has 0 spiro atoms. The number of nitrogens with one attached hydrogen (secondary N) is 2. The number of rotatable bonds is 4. The number of anilines is 2. The summed E-state index contributed by atoms with van der Waals surface area (Å²) in [6.07, 6.45) is -1.76. The summed E-state index contributed by atoms with van der Waals surface area (Å²) in [7, 11) is 0. The van der Waals surface area contributed by atoms with E-state index in [1.807, 2.05) is 0 Å². The van der Waals surface area contributed by atoms with Crippen molar-refractivity contribution in [1.29, 1.82) is 0 Å². The summed E-state index contributed by atoms with van der Waals surface area (Å²) >= 11 is 1.02. The fraction of sp³-hybridized carbons (Fsp3) is 0.357. The summed E-state index contributed by atoms with van der Waals surface area (Å²) in [6, 6.07) is 1.99. The molecule has 1 aliphatic rings. The minimum absolute atomic E-state index is 0.139. The van der Waals surface area contributed by atoms with Gasteiger partial charge in [0.15, 0.2) is 0 Å². The van der Waals surface area contributed by atoms with Crippen LogP contribution in [-0.4, -0.2) is 45.3 Å². The highest BCUT2D eigenvalue weighted by Crippen LogP contribution is 2.35. The standard InChI is InChI=1S/C14H14F2N4O4S/c15-6-1-2-8(7(16)3-6)17-13(23)18-14-20-19-12(25-14)10-4-9(22)11(5-21)24-10/h1-3,9-11,21-22H,4-5H2,(H2,17,18,20,23)/t9-,10-,11+/m0/s1. The number of halogens is 2. The van der Waals surface area contributed by atoms with Crippen LogP contribution >= 0.6 is 11.3 Å². The van der Waals surface area contributed by atoms with E-state index in [1.54, 1.807) is 0 Å². The lowest BCUT2D eigenvalue weighted by Crippen LogP contribution is -2.24. The number of hydrogen-bond donors (Lipinski definition) is 4. The van der Waals surface area contributed by atoms with E-state index in [-0.39, 0.29) is 23.8 Å². The van der Waals surface area contributed by atoms with Gasteiger partial charge in [0.2, 0.25) is 5.13 Å². The monoisotopic (exact) mass is 372 g/mol. The van der Waals surface area contributed by atoms with Crippen molar-refractivity contribution in [2.75, 3.05) is 17.2 Å². The van der Waals surface area contributed by atoms with Gasteiger partial charge in [-0.3, -0.25) is 5.32 Å². The summed E-state index contributed by atoms with van der Waals surface area (Å²) in [6.45, 7) is -0.312. The summed E-state index contributed by atoms with van der Waals surface area (Å²) in [5.74, 6) is -1.66. The first kappa shape index (κ1) is 17.6. The molecule has 0 bridgehead atoms. The highest BCUT2D eigenvalue weighted by atomic mass is 32.1. The fourth-order valence-corrected chi connectivity index (χ4v) is 3.10. The van der Waals surface area contributed by atoms with Crippen LogP contribution in [0.1, 0.15) is 17.5 Å². The van der Waals surface area contributed by atoms with E-state index in [0.717, 1.165) is 23.5 Å². The van der Waals surface area contributed by atoms with Gasteiger partial charge in [0, 0.05) is 12.5 Å². The first-order chi connectivity index (χ1) is 12.0. The molecule has 1 aliphatic heterocycles. The average molecular weight is 372 g/mol. The Morgan fingerprint density at radius 1 is 1.36 bits per heavy atom. The van der Waals surface area contributed by atoms with Gasteiger partial charge in [-0.05, 0) is 12.1 Å².